The Balaban J connectivity index is 1.82. The first kappa shape index (κ1) is 20.4. The van der Waals surface area contributed by atoms with Gasteiger partial charge in [0, 0.05) is 5.69 Å². The maximum Gasteiger partial charge on any atom is 0.263 e. The Bertz CT molecular complexity index is 1560. The molecule has 0 aliphatic carbocycles. The summed E-state index contributed by atoms with van der Waals surface area (Å²) in [5.74, 6) is 0.983. The van der Waals surface area contributed by atoms with Crippen LogP contribution in [0.1, 0.15) is 11.3 Å². The van der Waals surface area contributed by atoms with Gasteiger partial charge < -0.3 is 10.5 Å². The molecule has 0 amide bonds. The molecule has 160 valence electrons. The van der Waals surface area contributed by atoms with Crippen molar-refractivity contribution in [3.05, 3.63) is 80.2 Å². The van der Waals surface area contributed by atoms with Crippen molar-refractivity contribution in [2.75, 3.05) is 12.8 Å². The molecule has 0 saturated heterocycles. The minimum atomic E-state index is -0.111. The molecule has 9 heteroatoms. The van der Waals surface area contributed by atoms with Crippen LogP contribution in [0.2, 0.25) is 0 Å². The molecule has 0 spiro atoms. The van der Waals surface area contributed by atoms with Gasteiger partial charge in [-0.25, -0.2) is 14.6 Å². The van der Waals surface area contributed by atoms with Gasteiger partial charge in [-0.15, -0.1) is 0 Å². The molecule has 0 unspecified atom stereocenters. The largest absolute Gasteiger partial charge is 0.495 e. The van der Waals surface area contributed by atoms with E-state index in [1.165, 1.54) is 6.33 Å². The van der Waals surface area contributed by atoms with Crippen LogP contribution in [0.3, 0.4) is 0 Å². The normalized spacial score (nSPS) is 11.3. The number of fused-ring (bicyclic) bond motifs is 2. The smallest absolute Gasteiger partial charge is 0.263 e. The zero-order chi connectivity index (χ0) is 22.4. The summed E-state index contributed by atoms with van der Waals surface area (Å²) >= 11 is 2.12. The molecule has 5 rings (SSSR count). The zero-order valence-electron chi connectivity index (χ0n) is 17.4. The van der Waals surface area contributed by atoms with Crippen molar-refractivity contribution < 1.29 is 4.74 Å². The molecule has 0 radical (unpaired) electrons. The predicted octanol–water partition coefficient (Wildman–Crippen LogP) is 3.68. The zero-order valence-corrected chi connectivity index (χ0v) is 19.6. The second-order valence-corrected chi connectivity index (χ2v) is 8.42. The summed E-state index contributed by atoms with van der Waals surface area (Å²) in [4.78, 5) is 22.2. The maximum atomic E-state index is 13.8. The molecule has 5 aromatic rings. The van der Waals surface area contributed by atoms with Gasteiger partial charge >= 0.3 is 0 Å². The molecule has 2 N–H and O–H groups in total. The number of rotatable bonds is 4. The summed E-state index contributed by atoms with van der Waals surface area (Å²) in [6.07, 6.45) is 1.42. The molecule has 2 aromatic carbocycles. The number of hydrogen-bond acceptors (Lipinski definition) is 6. The fourth-order valence-corrected chi connectivity index (χ4v) is 4.81. The number of anilines is 1. The Morgan fingerprint density at radius 1 is 1.09 bits per heavy atom. The molecule has 0 aliphatic heterocycles. The first-order chi connectivity index (χ1) is 15.5. The maximum absolute atomic E-state index is 13.8. The second kappa shape index (κ2) is 7.90. The third-order valence-corrected chi connectivity index (χ3v) is 6.24. The van der Waals surface area contributed by atoms with Crippen molar-refractivity contribution in [2.24, 2.45) is 0 Å². The predicted molar refractivity (Wildman–Crippen MR) is 132 cm³/mol. The molecular formula is C23H19IN6O2. The third-order valence-electron chi connectivity index (χ3n) is 5.49. The highest BCUT2D eigenvalue weighted by molar-refractivity contribution is 14.1. The van der Waals surface area contributed by atoms with E-state index in [0.717, 1.165) is 16.6 Å². The van der Waals surface area contributed by atoms with Gasteiger partial charge in [0.25, 0.3) is 5.56 Å². The highest BCUT2D eigenvalue weighted by atomic mass is 127. The van der Waals surface area contributed by atoms with Gasteiger partial charge in [0.2, 0.25) is 0 Å². The van der Waals surface area contributed by atoms with Crippen molar-refractivity contribution in [1.82, 2.24) is 24.3 Å². The summed E-state index contributed by atoms with van der Waals surface area (Å²) in [6.45, 7) is 2.26. The number of nitrogen functional groups attached to an aromatic ring is 1. The van der Waals surface area contributed by atoms with Crippen LogP contribution < -0.4 is 16.0 Å². The molecular weight excluding hydrogens is 519 g/mol. The van der Waals surface area contributed by atoms with Gasteiger partial charge in [-0.05, 0) is 58.7 Å². The molecule has 3 heterocycles. The van der Waals surface area contributed by atoms with Crippen molar-refractivity contribution in [2.45, 2.75) is 13.5 Å². The lowest BCUT2D eigenvalue weighted by Gasteiger charge is -2.18. The van der Waals surface area contributed by atoms with Gasteiger partial charge in [0.15, 0.2) is 5.65 Å². The van der Waals surface area contributed by atoms with Gasteiger partial charge in [-0.3, -0.25) is 9.36 Å². The van der Waals surface area contributed by atoms with E-state index in [9.17, 15) is 4.79 Å². The standard InChI is InChI=1S/C23H19IN6O2/c1-13-6-5-7-14-10-15(11-29-22-19(20(24)28-29)21(25)26-12-27-22)30(23(31)18(13)14)16-8-3-4-9-17(16)32-2/h3-10,12H,11H2,1-2H3,(H2,25,26,27). The minimum Gasteiger partial charge on any atom is -0.495 e. The fourth-order valence-electron chi connectivity index (χ4n) is 4.03. The molecule has 0 fully saturated rings. The van der Waals surface area contributed by atoms with E-state index >= 15 is 0 Å². The van der Waals surface area contributed by atoms with E-state index in [-0.39, 0.29) is 5.56 Å². The summed E-state index contributed by atoms with van der Waals surface area (Å²) < 4.78 is 9.72. The number of pyridine rings is 1. The SMILES string of the molecule is COc1ccccc1-n1c(Cn2nc(I)c3c(N)ncnc32)cc2cccc(C)c2c1=O. The number of methoxy groups -OCH3 is 1. The van der Waals surface area contributed by atoms with Crippen molar-refractivity contribution in [3.8, 4) is 11.4 Å². The number of hydrogen-bond donors (Lipinski definition) is 1. The summed E-state index contributed by atoms with van der Waals surface area (Å²) in [5, 5.41) is 6.88. The number of nitrogens with two attached hydrogens (primary N) is 1. The Labute approximate surface area is 196 Å². The molecule has 0 aliphatic rings. The Morgan fingerprint density at radius 3 is 2.72 bits per heavy atom. The summed E-state index contributed by atoms with van der Waals surface area (Å²) in [6, 6.07) is 15.3. The molecule has 8 nitrogen and oxygen atoms in total. The van der Waals surface area contributed by atoms with Crippen molar-refractivity contribution >= 4 is 50.2 Å². The van der Waals surface area contributed by atoms with Gasteiger partial charge in [-0.2, -0.15) is 5.10 Å². The third kappa shape index (κ3) is 3.20. The number of ether oxygens (including phenoxy) is 1. The second-order valence-electron chi connectivity index (χ2n) is 7.39. The molecule has 3 aromatic heterocycles. The Kier molecular flexibility index (Phi) is 5.04. The van der Waals surface area contributed by atoms with E-state index in [1.54, 1.807) is 16.4 Å². The number of nitrogens with zero attached hydrogens (tertiary/aromatic N) is 5. The van der Waals surface area contributed by atoms with Crippen LogP contribution in [0.5, 0.6) is 5.75 Å². The van der Waals surface area contributed by atoms with Crippen LogP contribution in [0.15, 0.2) is 59.7 Å². The number of aryl methyl sites for hydroxylation is 1. The van der Waals surface area contributed by atoms with E-state index < -0.39 is 0 Å². The number of halogens is 1. The van der Waals surface area contributed by atoms with Crippen LogP contribution in [0, 0.1) is 10.6 Å². The molecule has 0 atom stereocenters. The van der Waals surface area contributed by atoms with Crippen LogP contribution >= 0.6 is 22.6 Å². The lowest BCUT2D eigenvalue weighted by Crippen LogP contribution is -2.25. The quantitative estimate of drug-likeness (QED) is 0.351. The van der Waals surface area contributed by atoms with E-state index in [4.69, 9.17) is 10.5 Å². The first-order valence-corrected chi connectivity index (χ1v) is 11.0. The molecule has 0 bridgehead atoms. The van der Waals surface area contributed by atoms with Crippen LogP contribution in [0.25, 0.3) is 27.5 Å². The van der Waals surface area contributed by atoms with Crippen LogP contribution in [-0.2, 0) is 6.54 Å². The first-order valence-electron chi connectivity index (χ1n) is 9.89. The number of aromatic nitrogens is 5. The molecule has 32 heavy (non-hydrogen) atoms. The lowest BCUT2D eigenvalue weighted by atomic mass is 10.1. The van der Waals surface area contributed by atoms with E-state index in [1.807, 2.05) is 55.5 Å². The van der Waals surface area contributed by atoms with Crippen LogP contribution in [-0.4, -0.2) is 31.4 Å². The van der Waals surface area contributed by atoms with Gasteiger partial charge in [0.1, 0.15) is 21.6 Å². The monoisotopic (exact) mass is 538 g/mol. The van der Waals surface area contributed by atoms with Crippen molar-refractivity contribution in [1.29, 1.82) is 0 Å². The average Bonchev–Trinajstić information content (AvgIpc) is 3.10. The fraction of sp³-hybridized carbons (Fsp3) is 0.130. The molecule has 0 saturated carbocycles. The Hall–Kier alpha value is -3.47. The highest BCUT2D eigenvalue weighted by Gasteiger charge is 2.19. The summed E-state index contributed by atoms with van der Waals surface area (Å²) in [5.41, 5.74) is 8.89. The average molecular weight is 538 g/mol. The van der Waals surface area contributed by atoms with Crippen molar-refractivity contribution in [3.63, 3.8) is 0 Å². The number of para-hydroxylation sites is 2. The summed E-state index contributed by atoms with van der Waals surface area (Å²) in [7, 11) is 1.60. The van der Waals surface area contributed by atoms with E-state index in [0.29, 0.717) is 43.9 Å². The van der Waals surface area contributed by atoms with Gasteiger partial charge in [0.05, 0.1) is 30.1 Å². The minimum absolute atomic E-state index is 0.111. The topological polar surface area (TPSA) is 101 Å². The lowest BCUT2D eigenvalue weighted by molar-refractivity contribution is 0.412. The Morgan fingerprint density at radius 2 is 1.91 bits per heavy atom. The van der Waals surface area contributed by atoms with Crippen LogP contribution in [0.4, 0.5) is 5.82 Å². The highest BCUT2D eigenvalue weighted by Crippen LogP contribution is 2.27. The number of benzene rings is 2. The van der Waals surface area contributed by atoms with Gasteiger partial charge in [-0.1, -0.05) is 30.3 Å². The van der Waals surface area contributed by atoms with E-state index in [2.05, 4.69) is 37.7 Å².